The van der Waals surface area contributed by atoms with Crippen LogP contribution >= 0.6 is 23.6 Å². The molecule has 0 spiro atoms. The van der Waals surface area contributed by atoms with Gasteiger partial charge in [0.15, 0.2) is 5.11 Å². The number of para-hydroxylation sites is 2. The van der Waals surface area contributed by atoms with Crippen molar-refractivity contribution in [2.75, 3.05) is 29.6 Å². The van der Waals surface area contributed by atoms with E-state index in [1.165, 1.54) is 37.7 Å². The van der Waals surface area contributed by atoms with Crippen molar-refractivity contribution in [2.24, 2.45) is 0 Å². The zero-order valence-electron chi connectivity index (χ0n) is 17.5. The minimum absolute atomic E-state index is 0.0784. The maximum atomic E-state index is 12.7. The molecule has 0 saturated heterocycles. The number of carbonyl (C=O) groups is 1. The molecule has 32 heavy (non-hydrogen) atoms. The van der Waals surface area contributed by atoms with Gasteiger partial charge >= 0.3 is 5.97 Å². The minimum Gasteiger partial charge on any atom is -0.495 e. The predicted molar refractivity (Wildman–Crippen MR) is 130 cm³/mol. The fraction of sp³-hybridized carbons (Fsp3) is 0.143. The Labute approximate surface area is 195 Å². The van der Waals surface area contributed by atoms with Crippen molar-refractivity contribution < 1.29 is 22.7 Å². The lowest BCUT2D eigenvalue weighted by Crippen LogP contribution is -2.20. The summed E-state index contributed by atoms with van der Waals surface area (Å²) in [6, 6.07) is 14.6. The van der Waals surface area contributed by atoms with Gasteiger partial charge in [-0.1, -0.05) is 12.1 Å². The highest BCUT2D eigenvalue weighted by Crippen LogP contribution is 2.29. The van der Waals surface area contributed by atoms with E-state index >= 15 is 0 Å². The Balaban J connectivity index is 1.69. The number of thiocarbonyl (C=S) groups is 1. The van der Waals surface area contributed by atoms with Gasteiger partial charge in [0.1, 0.15) is 10.8 Å². The molecule has 1 aromatic heterocycles. The largest absolute Gasteiger partial charge is 0.495 e. The number of methoxy groups -OCH3 is 2. The SMILES string of the molecule is COC(=O)c1cc(C)sc1NC(=S)Nc1ccc(S(=O)(=O)Nc2ccccc2OC)cc1. The molecular formula is C21H21N3O5S3. The Hall–Kier alpha value is -3.15. The Bertz CT molecular complexity index is 1240. The molecule has 0 aliphatic heterocycles. The van der Waals surface area contributed by atoms with Crippen LogP contribution in [0, 0.1) is 6.92 Å². The zero-order valence-corrected chi connectivity index (χ0v) is 19.9. The number of thiophene rings is 1. The molecule has 3 aromatic rings. The van der Waals surface area contributed by atoms with Crippen LogP contribution in [0.2, 0.25) is 0 Å². The van der Waals surface area contributed by atoms with Gasteiger partial charge in [0.2, 0.25) is 0 Å². The average molecular weight is 492 g/mol. The predicted octanol–water partition coefficient (Wildman–Crippen LogP) is 4.46. The fourth-order valence-corrected chi connectivity index (χ4v) is 5.04. The topological polar surface area (TPSA) is 106 Å². The highest BCUT2D eigenvalue weighted by molar-refractivity contribution is 7.92. The Kier molecular flexibility index (Phi) is 7.33. The molecule has 0 aliphatic carbocycles. The molecule has 0 bridgehead atoms. The summed E-state index contributed by atoms with van der Waals surface area (Å²) in [6.45, 7) is 1.87. The first-order valence-electron chi connectivity index (χ1n) is 9.26. The summed E-state index contributed by atoms with van der Waals surface area (Å²) in [5.74, 6) is -0.0438. The van der Waals surface area contributed by atoms with E-state index in [0.29, 0.717) is 27.7 Å². The van der Waals surface area contributed by atoms with E-state index in [9.17, 15) is 13.2 Å². The highest BCUT2D eigenvalue weighted by Gasteiger charge is 2.18. The molecule has 0 unspecified atom stereocenters. The molecule has 0 saturated carbocycles. The molecule has 0 radical (unpaired) electrons. The number of anilines is 3. The third-order valence-corrected chi connectivity index (χ3v) is 6.81. The molecule has 0 fully saturated rings. The van der Waals surface area contributed by atoms with E-state index in [-0.39, 0.29) is 10.0 Å². The van der Waals surface area contributed by atoms with Crippen molar-refractivity contribution in [2.45, 2.75) is 11.8 Å². The number of ether oxygens (including phenoxy) is 2. The minimum atomic E-state index is -3.81. The first-order chi connectivity index (χ1) is 15.2. The van der Waals surface area contributed by atoms with Crippen LogP contribution in [0.5, 0.6) is 5.75 Å². The monoisotopic (exact) mass is 491 g/mol. The van der Waals surface area contributed by atoms with Gasteiger partial charge in [-0.2, -0.15) is 0 Å². The number of benzene rings is 2. The van der Waals surface area contributed by atoms with Gasteiger partial charge < -0.3 is 20.1 Å². The second-order valence-corrected chi connectivity index (χ2v) is 9.85. The lowest BCUT2D eigenvalue weighted by atomic mass is 10.3. The third-order valence-electron chi connectivity index (χ3n) is 4.26. The molecule has 2 aromatic carbocycles. The number of hydrogen-bond donors (Lipinski definition) is 3. The zero-order chi connectivity index (χ0) is 23.3. The summed E-state index contributed by atoms with van der Waals surface area (Å²) in [7, 11) is -1.03. The number of rotatable bonds is 7. The Morgan fingerprint density at radius 2 is 1.72 bits per heavy atom. The number of esters is 1. The van der Waals surface area contributed by atoms with Crippen LogP contribution < -0.4 is 20.1 Å². The van der Waals surface area contributed by atoms with E-state index < -0.39 is 16.0 Å². The molecule has 1 heterocycles. The van der Waals surface area contributed by atoms with Crippen LogP contribution in [-0.2, 0) is 14.8 Å². The van der Waals surface area contributed by atoms with Crippen molar-refractivity contribution >= 4 is 61.0 Å². The summed E-state index contributed by atoms with van der Waals surface area (Å²) in [6.07, 6.45) is 0. The molecule has 0 aliphatic rings. The van der Waals surface area contributed by atoms with Crippen LogP contribution in [0.3, 0.4) is 0 Å². The maximum Gasteiger partial charge on any atom is 0.340 e. The van der Waals surface area contributed by atoms with Gasteiger partial charge in [-0.05, 0) is 61.6 Å². The van der Waals surface area contributed by atoms with Gasteiger partial charge in [0.05, 0.1) is 30.4 Å². The molecule has 0 atom stereocenters. The van der Waals surface area contributed by atoms with Crippen molar-refractivity contribution in [1.29, 1.82) is 0 Å². The summed E-state index contributed by atoms with van der Waals surface area (Å²) >= 11 is 6.69. The van der Waals surface area contributed by atoms with Crippen molar-refractivity contribution in [3.05, 3.63) is 65.0 Å². The molecule has 168 valence electrons. The maximum absolute atomic E-state index is 12.7. The molecule has 8 nitrogen and oxygen atoms in total. The normalized spacial score (nSPS) is 10.8. The number of aryl methyl sites for hydroxylation is 1. The van der Waals surface area contributed by atoms with Crippen LogP contribution in [0.1, 0.15) is 15.2 Å². The molecule has 3 N–H and O–H groups in total. The standard InChI is InChI=1S/C21H21N3O5S3/c1-13-12-16(20(25)29-3)19(31-13)23-21(30)22-14-8-10-15(11-9-14)32(26,27)24-17-6-4-5-7-18(17)28-2/h4-12,24H,1-3H3,(H2,22,23,30). The van der Waals surface area contributed by atoms with E-state index in [4.69, 9.17) is 21.7 Å². The van der Waals surface area contributed by atoms with Crippen molar-refractivity contribution in [1.82, 2.24) is 0 Å². The lowest BCUT2D eigenvalue weighted by molar-refractivity contribution is 0.0602. The summed E-state index contributed by atoms with van der Waals surface area (Å²) in [4.78, 5) is 12.9. The van der Waals surface area contributed by atoms with Crippen LogP contribution in [0.4, 0.5) is 16.4 Å². The van der Waals surface area contributed by atoms with Crippen LogP contribution in [-0.4, -0.2) is 33.7 Å². The molecule has 0 amide bonds. The lowest BCUT2D eigenvalue weighted by Gasteiger charge is -2.13. The number of carbonyl (C=O) groups excluding carboxylic acids is 1. The number of hydrogen-bond acceptors (Lipinski definition) is 7. The molecular weight excluding hydrogens is 470 g/mol. The highest BCUT2D eigenvalue weighted by atomic mass is 32.2. The molecule has 11 heteroatoms. The Morgan fingerprint density at radius 1 is 1.03 bits per heavy atom. The number of nitrogens with one attached hydrogen (secondary N) is 3. The first-order valence-corrected chi connectivity index (χ1v) is 12.0. The average Bonchev–Trinajstić information content (AvgIpc) is 3.13. The van der Waals surface area contributed by atoms with Gasteiger partial charge in [-0.3, -0.25) is 4.72 Å². The van der Waals surface area contributed by atoms with Gasteiger partial charge in [-0.25, -0.2) is 13.2 Å². The second kappa shape index (κ2) is 9.98. The van der Waals surface area contributed by atoms with E-state index in [2.05, 4.69) is 15.4 Å². The Morgan fingerprint density at radius 3 is 2.38 bits per heavy atom. The fourth-order valence-electron chi connectivity index (χ4n) is 2.78. The number of sulfonamides is 1. The smallest absolute Gasteiger partial charge is 0.340 e. The molecule has 3 rings (SSSR count). The quantitative estimate of drug-likeness (QED) is 0.329. The van der Waals surface area contributed by atoms with Gasteiger partial charge in [0.25, 0.3) is 10.0 Å². The summed E-state index contributed by atoms with van der Waals surface area (Å²) < 4.78 is 37.9. The van der Waals surface area contributed by atoms with Crippen molar-refractivity contribution in [3.8, 4) is 5.75 Å². The van der Waals surface area contributed by atoms with Gasteiger partial charge in [-0.15, -0.1) is 11.3 Å². The first kappa shape index (κ1) is 23.5. The summed E-state index contributed by atoms with van der Waals surface area (Å²) in [5, 5.41) is 6.76. The van der Waals surface area contributed by atoms with Gasteiger partial charge in [0, 0.05) is 10.6 Å². The third kappa shape index (κ3) is 5.55. The van der Waals surface area contributed by atoms with E-state index in [1.807, 2.05) is 6.92 Å². The van der Waals surface area contributed by atoms with E-state index in [0.717, 1.165) is 4.88 Å². The van der Waals surface area contributed by atoms with E-state index in [1.54, 1.807) is 42.5 Å². The van der Waals surface area contributed by atoms with Crippen LogP contribution in [0.25, 0.3) is 0 Å². The summed E-state index contributed by atoms with van der Waals surface area (Å²) in [5.41, 5.74) is 1.31. The van der Waals surface area contributed by atoms with Crippen molar-refractivity contribution in [3.63, 3.8) is 0 Å². The van der Waals surface area contributed by atoms with Crippen LogP contribution in [0.15, 0.2) is 59.5 Å². The second-order valence-electron chi connectivity index (χ2n) is 6.50.